The number of rotatable bonds is 0. The van der Waals surface area contributed by atoms with Crippen LogP contribution in [0.3, 0.4) is 0 Å². The van der Waals surface area contributed by atoms with Gasteiger partial charge in [-0.15, -0.1) is 11.3 Å². The predicted octanol–water partition coefficient (Wildman–Crippen LogP) is 2.55. The first-order valence-corrected chi connectivity index (χ1v) is 5.12. The van der Waals surface area contributed by atoms with Gasteiger partial charge >= 0.3 is 0 Å². The second kappa shape index (κ2) is 2.72. The minimum atomic E-state index is 1.02. The van der Waals surface area contributed by atoms with Crippen molar-refractivity contribution in [2.75, 3.05) is 0 Å². The molecule has 0 fully saturated rings. The SMILES string of the molecule is Cc1ncnc2sc3ccncc3c12. The van der Waals surface area contributed by atoms with Gasteiger partial charge in [-0.2, -0.15) is 0 Å². The van der Waals surface area contributed by atoms with Crippen molar-refractivity contribution in [3.05, 3.63) is 30.5 Å². The van der Waals surface area contributed by atoms with Gasteiger partial charge in [0.15, 0.2) is 0 Å². The molecule has 0 bridgehead atoms. The van der Waals surface area contributed by atoms with Gasteiger partial charge < -0.3 is 0 Å². The summed E-state index contributed by atoms with van der Waals surface area (Å²) in [7, 11) is 0. The molecule has 0 aliphatic rings. The second-order valence-electron chi connectivity index (χ2n) is 3.11. The molecule has 4 heteroatoms. The van der Waals surface area contributed by atoms with Gasteiger partial charge in [-0.1, -0.05) is 0 Å². The molecule has 0 unspecified atom stereocenters. The summed E-state index contributed by atoms with van der Waals surface area (Å²) in [6.45, 7) is 2.00. The van der Waals surface area contributed by atoms with Gasteiger partial charge in [0.1, 0.15) is 11.2 Å². The fourth-order valence-electron chi connectivity index (χ4n) is 1.60. The molecule has 0 saturated carbocycles. The molecule has 0 aliphatic carbocycles. The first kappa shape index (κ1) is 7.82. The molecule has 3 nitrogen and oxygen atoms in total. The van der Waals surface area contributed by atoms with Crippen LogP contribution in [-0.4, -0.2) is 15.0 Å². The maximum atomic E-state index is 4.26. The molecule has 0 amide bonds. The van der Waals surface area contributed by atoms with Crippen molar-refractivity contribution in [1.29, 1.82) is 0 Å². The average molecular weight is 201 g/mol. The van der Waals surface area contributed by atoms with Crippen LogP contribution in [0.5, 0.6) is 0 Å². The number of hydrogen-bond donors (Lipinski definition) is 0. The monoisotopic (exact) mass is 201 g/mol. The standard InChI is InChI=1S/C10H7N3S/c1-6-9-7-4-11-3-2-8(7)14-10(9)13-5-12-6/h2-5H,1H3. The summed E-state index contributed by atoms with van der Waals surface area (Å²) in [4.78, 5) is 13.6. The van der Waals surface area contributed by atoms with Crippen molar-refractivity contribution >= 4 is 31.6 Å². The van der Waals surface area contributed by atoms with E-state index in [-0.39, 0.29) is 0 Å². The van der Waals surface area contributed by atoms with E-state index >= 15 is 0 Å². The maximum Gasteiger partial charge on any atom is 0.128 e. The number of pyridine rings is 1. The number of thiophene rings is 1. The van der Waals surface area contributed by atoms with Crippen molar-refractivity contribution in [2.45, 2.75) is 6.92 Å². The summed E-state index contributed by atoms with van der Waals surface area (Å²) < 4.78 is 1.22. The van der Waals surface area contributed by atoms with E-state index in [9.17, 15) is 0 Å². The van der Waals surface area contributed by atoms with Gasteiger partial charge in [0.2, 0.25) is 0 Å². The Morgan fingerprint density at radius 3 is 3.14 bits per heavy atom. The Morgan fingerprint density at radius 1 is 1.29 bits per heavy atom. The Balaban J connectivity index is 2.65. The molecule has 14 heavy (non-hydrogen) atoms. The zero-order valence-electron chi connectivity index (χ0n) is 7.56. The van der Waals surface area contributed by atoms with Crippen molar-refractivity contribution in [1.82, 2.24) is 15.0 Å². The lowest BCUT2D eigenvalue weighted by molar-refractivity contribution is 1.16. The molecule has 0 aromatic carbocycles. The molecule has 0 aliphatic heterocycles. The Bertz CT molecular complexity index is 615. The minimum absolute atomic E-state index is 1.02. The van der Waals surface area contributed by atoms with Crippen LogP contribution in [0.1, 0.15) is 5.69 Å². The lowest BCUT2D eigenvalue weighted by Gasteiger charge is -1.93. The maximum absolute atomic E-state index is 4.26. The largest absolute Gasteiger partial charge is 0.264 e. The fraction of sp³-hybridized carbons (Fsp3) is 0.100. The van der Waals surface area contributed by atoms with Gasteiger partial charge in [-0.25, -0.2) is 9.97 Å². The van der Waals surface area contributed by atoms with Crippen LogP contribution in [0.2, 0.25) is 0 Å². The quantitative estimate of drug-likeness (QED) is 0.561. The van der Waals surface area contributed by atoms with Gasteiger partial charge in [0, 0.05) is 27.9 Å². The summed E-state index contributed by atoms with van der Waals surface area (Å²) in [5.41, 5.74) is 1.02. The highest BCUT2D eigenvalue weighted by molar-refractivity contribution is 7.25. The Hall–Kier alpha value is -1.55. The van der Waals surface area contributed by atoms with E-state index in [1.54, 1.807) is 23.9 Å². The zero-order valence-corrected chi connectivity index (χ0v) is 8.38. The first-order chi connectivity index (χ1) is 6.86. The highest BCUT2D eigenvalue weighted by Gasteiger charge is 2.07. The topological polar surface area (TPSA) is 38.7 Å². The third kappa shape index (κ3) is 0.943. The summed E-state index contributed by atoms with van der Waals surface area (Å²) in [5.74, 6) is 0. The van der Waals surface area contributed by atoms with Crippen molar-refractivity contribution in [3.8, 4) is 0 Å². The molecular formula is C10H7N3S. The van der Waals surface area contributed by atoms with E-state index in [4.69, 9.17) is 0 Å². The van der Waals surface area contributed by atoms with E-state index in [0.717, 1.165) is 21.3 Å². The van der Waals surface area contributed by atoms with Crippen LogP contribution in [-0.2, 0) is 0 Å². The number of fused-ring (bicyclic) bond motifs is 3. The van der Waals surface area contributed by atoms with Gasteiger partial charge in [-0.3, -0.25) is 4.98 Å². The predicted molar refractivity (Wildman–Crippen MR) is 57.5 cm³/mol. The highest BCUT2D eigenvalue weighted by atomic mass is 32.1. The summed E-state index contributed by atoms with van der Waals surface area (Å²) in [6.07, 6.45) is 5.30. The molecule has 68 valence electrons. The normalized spacial score (nSPS) is 11.2. The molecule has 0 saturated heterocycles. The summed E-state index contributed by atoms with van der Waals surface area (Å²) in [5, 5.41) is 2.30. The molecule has 0 spiro atoms. The lowest BCUT2D eigenvalue weighted by Crippen LogP contribution is -1.82. The van der Waals surface area contributed by atoms with Crippen molar-refractivity contribution in [3.63, 3.8) is 0 Å². The number of aryl methyl sites for hydroxylation is 1. The van der Waals surface area contributed by atoms with Crippen LogP contribution < -0.4 is 0 Å². The van der Waals surface area contributed by atoms with E-state index in [1.165, 1.54) is 4.70 Å². The Kier molecular flexibility index (Phi) is 1.52. The Labute approximate surface area is 84.5 Å². The highest BCUT2D eigenvalue weighted by Crippen LogP contribution is 2.32. The van der Waals surface area contributed by atoms with Crippen LogP contribution in [0.15, 0.2) is 24.8 Å². The number of hydrogen-bond acceptors (Lipinski definition) is 4. The third-order valence-corrected chi connectivity index (χ3v) is 3.34. The van der Waals surface area contributed by atoms with E-state index in [1.807, 2.05) is 19.2 Å². The molecule has 0 atom stereocenters. The van der Waals surface area contributed by atoms with Gasteiger partial charge in [0.05, 0.1) is 5.69 Å². The summed E-state index contributed by atoms with van der Waals surface area (Å²) in [6, 6.07) is 2.02. The van der Waals surface area contributed by atoms with E-state index in [2.05, 4.69) is 15.0 Å². The second-order valence-corrected chi connectivity index (χ2v) is 4.14. The molecule has 3 aromatic rings. The Morgan fingerprint density at radius 2 is 2.21 bits per heavy atom. The smallest absolute Gasteiger partial charge is 0.128 e. The van der Waals surface area contributed by atoms with Crippen LogP contribution in [0, 0.1) is 6.92 Å². The minimum Gasteiger partial charge on any atom is -0.264 e. The van der Waals surface area contributed by atoms with Crippen LogP contribution >= 0.6 is 11.3 Å². The number of nitrogens with zero attached hydrogens (tertiary/aromatic N) is 3. The van der Waals surface area contributed by atoms with E-state index < -0.39 is 0 Å². The molecule has 0 radical (unpaired) electrons. The van der Waals surface area contributed by atoms with Gasteiger partial charge in [-0.05, 0) is 13.0 Å². The first-order valence-electron chi connectivity index (χ1n) is 4.30. The molecule has 3 rings (SSSR count). The molecule has 3 aromatic heterocycles. The number of aromatic nitrogens is 3. The van der Waals surface area contributed by atoms with Crippen molar-refractivity contribution in [2.24, 2.45) is 0 Å². The van der Waals surface area contributed by atoms with Crippen molar-refractivity contribution < 1.29 is 0 Å². The third-order valence-electron chi connectivity index (χ3n) is 2.26. The van der Waals surface area contributed by atoms with Crippen LogP contribution in [0.25, 0.3) is 20.3 Å². The zero-order chi connectivity index (χ0) is 9.54. The average Bonchev–Trinajstić information content (AvgIpc) is 2.57. The lowest BCUT2D eigenvalue weighted by atomic mass is 10.2. The molecule has 0 N–H and O–H groups in total. The van der Waals surface area contributed by atoms with E-state index in [0.29, 0.717) is 0 Å². The molecular weight excluding hydrogens is 194 g/mol. The van der Waals surface area contributed by atoms with Gasteiger partial charge in [0.25, 0.3) is 0 Å². The van der Waals surface area contributed by atoms with Crippen LogP contribution in [0.4, 0.5) is 0 Å². The summed E-state index contributed by atoms with van der Waals surface area (Å²) >= 11 is 1.68. The fourth-order valence-corrected chi connectivity index (χ4v) is 2.66. The molecule has 3 heterocycles.